The first kappa shape index (κ1) is 10.2. The van der Waals surface area contributed by atoms with Crippen LogP contribution in [0.3, 0.4) is 0 Å². The van der Waals surface area contributed by atoms with Crippen molar-refractivity contribution < 1.29 is 9.90 Å². The number of benzene rings is 2. The lowest BCUT2D eigenvalue weighted by molar-refractivity contribution is 0.0699. The van der Waals surface area contributed by atoms with E-state index in [1.807, 2.05) is 25.1 Å². The summed E-state index contributed by atoms with van der Waals surface area (Å²) >= 11 is 3.47. The van der Waals surface area contributed by atoms with Crippen molar-refractivity contribution in [1.82, 2.24) is 0 Å². The Bertz CT molecular complexity index is 547. The molecule has 0 unspecified atom stereocenters. The summed E-state index contributed by atoms with van der Waals surface area (Å²) in [5.74, 6) is -0.892. The van der Waals surface area contributed by atoms with Crippen molar-refractivity contribution in [2.45, 2.75) is 6.92 Å². The van der Waals surface area contributed by atoms with Crippen LogP contribution in [-0.4, -0.2) is 11.1 Å². The van der Waals surface area contributed by atoms with Crippen molar-refractivity contribution in [3.63, 3.8) is 0 Å². The number of halogens is 1. The summed E-state index contributed by atoms with van der Waals surface area (Å²) in [5.41, 5.74) is 1.44. The van der Waals surface area contributed by atoms with Gasteiger partial charge in [-0.2, -0.15) is 0 Å². The minimum Gasteiger partial charge on any atom is -0.478 e. The Morgan fingerprint density at radius 2 is 1.93 bits per heavy atom. The molecule has 0 amide bonds. The van der Waals surface area contributed by atoms with E-state index in [2.05, 4.69) is 15.9 Å². The molecule has 2 aromatic carbocycles. The van der Waals surface area contributed by atoms with Crippen molar-refractivity contribution in [3.8, 4) is 0 Å². The summed E-state index contributed by atoms with van der Waals surface area (Å²) in [6.45, 7) is 1.98. The van der Waals surface area contributed by atoms with E-state index in [1.165, 1.54) is 0 Å². The summed E-state index contributed by atoms with van der Waals surface area (Å²) in [7, 11) is 0. The van der Waals surface area contributed by atoms with Gasteiger partial charge in [0.05, 0.1) is 5.56 Å². The highest BCUT2D eigenvalue weighted by atomic mass is 79.9. The summed E-state index contributed by atoms with van der Waals surface area (Å²) < 4.78 is 0.961. The van der Waals surface area contributed by atoms with Crippen molar-refractivity contribution in [3.05, 3.63) is 45.9 Å². The number of aryl methyl sites for hydroxylation is 1. The molecule has 0 fully saturated rings. The smallest absolute Gasteiger partial charge is 0.336 e. The van der Waals surface area contributed by atoms with Gasteiger partial charge in [0.2, 0.25) is 0 Å². The van der Waals surface area contributed by atoms with Crippen LogP contribution in [0.5, 0.6) is 0 Å². The maximum Gasteiger partial charge on any atom is 0.336 e. The molecule has 0 aromatic heterocycles. The minimum absolute atomic E-state index is 0.341. The molecular formula is C12H9BrO2. The van der Waals surface area contributed by atoms with Gasteiger partial charge in [0.15, 0.2) is 0 Å². The first-order valence-corrected chi connectivity index (χ1v) is 5.31. The second-order valence-electron chi connectivity index (χ2n) is 3.40. The Labute approximate surface area is 95.7 Å². The molecule has 0 spiro atoms. The summed E-state index contributed by atoms with van der Waals surface area (Å²) in [4.78, 5) is 11.0. The normalized spacial score (nSPS) is 10.5. The third-order valence-electron chi connectivity index (χ3n) is 2.42. The first-order valence-electron chi connectivity index (χ1n) is 4.52. The van der Waals surface area contributed by atoms with E-state index in [-0.39, 0.29) is 0 Å². The lowest BCUT2D eigenvalue weighted by Crippen LogP contribution is -1.97. The molecule has 0 saturated heterocycles. The number of fused-ring (bicyclic) bond motifs is 1. The molecule has 2 nitrogen and oxygen atoms in total. The van der Waals surface area contributed by atoms with Crippen LogP contribution in [0.4, 0.5) is 0 Å². The van der Waals surface area contributed by atoms with E-state index in [0.29, 0.717) is 5.56 Å². The van der Waals surface area contributed by atoms with E-state index in [4.69, 9.17) is 5.11 Å². The standard InChI is InChI=1S/C12H9BrO2/c1-7-5-6-8-9(11(7)13)3-2-4-10(8)12(14)15/h2-6H,1H3,(H,14,15). The topological polar surface area (TPSA) is 37.3 Å². The number of hydrogen-bond acceptors (Lipinski definition) is 1. The average molecular weight is 265 g/mol. The number of hydrogen-bond donors (Lipinski definition) is 1. The Morgan fingerprint density at radius 3 is 2.60 bits per heavy atom. The number of carboxylic acid groups (broad SMARTS) is 1. The van der Waals surface area contributed by atoms with E-state index in [1.54, 1.807) is 12.1 Å². The lowest BCUT2D eigenvalue weighted by atomic mass is 10.0. The molecule has 76 valence electrons. The summed E-state index contributed by atoms with van der Waals surface area (Å²) in [6.07, 6.45) is 0. The van der Waals surface area contributed by atoms with Crippen LogP contribution >= 0.6 is 15.9 Å². The van der Waals surface area contributed by atoms with Crippen LogP contribution in [0.2, 0.25) is 0 Å². The third kappa shape index (κ3) is 1.63. The van der Waals surface area contributed by atoms with Crippen LogP contribution in [0, 0.1) is 6.92 Å². The number of carbonyl (C=O) groups is 1. The van der Waals surface area contributed by atoms with Gasteiger partial charge in [-0.25, -0.2) is 4.79 Å². The summed E-state index contributed by atoms with van der Waals surface area (Å²) in [6, 6.07) is 9.05. The third-order valence-corrected chi connectivity index (χ3v) is 3.47. The summed E-state index contributed by atoms with van der Waals surface area (Å²) in [5, 5.41) is 10.7. The zero-order chi connectivity index (χ0) is 11.0. The predicted molar refractivity (Wildman–Crippen MR) is 63.3 cm³/mol. The Kier molecular flexibility index (Phi) is 2.49. The monoisotopic (exact) mass is 264 g/mol. The van der Waals surface area contributed by atoms with Gasteiger partial charge in [0.25, 0.3) is 0 Å². The van der Waals surface area contributed by atoms with Crippen molar-refractivity contribution in [2.75, 3.05) is 0 Å². The van der Waals surface area contributed by atoms with E-state index in [0.717, 1.165) is 20.8 Å². The number of rotatable bonds is 1. The van der Waals surface area contributed by atoms with Gasteiger partial charge in [-0.15, -0.1) is 0 Å². The van der Waals surface area contributed by atoms with Gasteiger partial charge in [-0.1, -0.05) is 24.3 Å². The highest BCUT2D eigenvalue weighted by molar-refractivity contribution is 9.10. The van der Waals surface area contributed by atoms with Crippen LogP contribution in [0.1, 0.15) is 15.9 Å². The molecule has 2 rings (SSSR count). The van der Waals surface area contributed by atoms with Crippen molar-refractivity contribution >= 4 is 32.7 Å². The molecule has 0 aliphatic carbocycles. The number of carboxylic acids is 1. The van der Waals surface area contributed by atoms with Gasteiger partial charge in [0, 0.05) is 4.47 Å². The zero-order valence-corrected chi connectivity index (χ0v) is 9.71. The van der Waals surface area contributed by atoms with Crippen LogP contribution in [-0.2, 0) is 0 Å². The molecule has 0 aliphatic rings. The molecule has 1 N–H and O–H groups in total. The van der Waals surface area contributed by atoms with Crippen LogP contribution in [0.25, 0.3) is 10.8 Å². The zero-order valence-electron chi connectivity index (χ0n) is 8.12. The maximum absolute atomic E-state index is 11.0. The highest BCUT2D eigenvalue weighted by Crippen LogP contribution is 2.29. The van der Waals surface area contributed by atoms with Crippen LogP contribution in [0.15, 0.2) is 34.8 Å². The quantitative estimate of drug-likeness (QED) is 0.855. The fourth-order valence-corrected chi connectivity index (χ4v) is 2.09. The van der Waals surface area contributed by atoms with Gasteiger partial charge in [-0.3, -0.25) is 0 Å². The molecule has 3 heteroatoms. The Balaban J connectivity index is 2.89. The van der Waals surface area contributed by atoms with E-state index < -0.39 is 5.97 Å². The highest BCUT2D eigenvalue weighted by Gasteiger charge is 2.09. The van der Waals surface area contributed by atoms with Crippen molar-refractivity contribution in [1.29, 1.82) is 0 Å². The second kappa shape index (κ2) is 3.66. The second-order valence-corrected chi connectivity index (χ2v) is 4.20. The van der Waals surface area contributed by atoms with E-state index in [9.17, 15) is 4.79 Å². The molecule has 0 radical (unpaired) electrons. The molecule has 0 aliphatic heterocycles. The predicted octanol–water partition coefficient (Wildman–Crippen LogP) is 3.61. The van der Waals surface area contributed by atoms with Gasteiger partial charge in [0.1, 0.15) is 0 Å². The molecule has 0 bridgehead atoms. The average Bonchev–Trinajstić information content (AvgIpc) is 2.23. The van der Waals surface area contributed by atoms with Gasteiger partial charge >= 0.3 is 5.97 Å². The molecule has 2 aromatic rings. The Hall–Kier alpha value is -1.35. The minimum atomic E-state index is -0.892. The molecule has 0 atom stereocenters. The fraction of sp³-hybridized carbons (Fsp3) is 0.0833. The number of aromatic carboxylic acids is 1. The molecular weight excluding hydrogens is 256 g/mol. The Morgan fingerprint density at radius 1 is 1.20 bits per heavy atom. The van der Waals surface area contributed by atoms with Gasteiger partial charge < -0.3 is 5.11 Å². The molecule has 15 heavy (non-hydrogen) atoms. The maximum atomic E-state index is 11.0. The SMILES string of the molecule is Cc1ccc2c(C(=O)O)cccc2c1Br. The largest absolute Gasteiger partial charge is 0.478 e. The van der Waals surface area contributed by atoms with Crippen molar-refractivity contribution in [2.24, 2.45) is 0 Å². The molecule has 0 saturated carbocycles. The van der Waals surface area contributed by atoms with Gasteiger partial charge in [-0.05, 0) is 45.3 Å². The van der Waals surface area contributed by atoms with Crippen LogP contribution < -0.4 is 0 Å². The molecule has 0 heterocycles. The van der Waals surface area contributed by atoms with E-state index >= 15 is 0 Å². The first-order chi connectivity index (χ1) is 7.11. The lowest BCUT2D eigenvalue weighted by Gasteiger charge is -2.06. The fourth-order valence-electron chi connectivity index (χ4n) is 1.62.